The molecule has 10 aromatic rings. The van der Waals surface area contributed by atoms with Gasteiger partial charge in [0, 0.05) is 64.0 Å². The smallest absolute Gasteiger partial charge is 0.157 e. The molecule has 0 amide bonds. The van der Waals surface area contributed by atoms with Crippen molar-refractivity contribution >= 4 is 115 Å². The first kappa shape index (κ1) is 32.0. The van der Waals surface area contributed by atoms with Gasteiger partial charge in [0.1, 0.15) is 46.0 Å². The van der Waals surface area contributed by atoms with Crippen molar-refractivity contribution in [3.63, 3.8) is 0 Å². The third-order valence-corrected chi connectivity index (χ3v) is 20.9. The number of fused-ring (bicyclic) bond motifs is 7. The molecule has 0 spiro atoms. The van der Waals surface area contributed by atoms with Crippen molar-refractivity contribution in [1.29, 1.82) is 0 Å². The van der Waals surface area contributed by atoms with E-state index in [4.69, 9.17) is 18.9 Å². The van der Waals surface area contributed by atoms with Crippen molar-refractivity contribution in [3.05, 3.63) is 170 Å². The van der Waals surface area contributed by atoms with Crippen LogP contribution >= 0.6 is 0 Å². The summed E-state index contributed by atoms with van der Waals surface area (Å²) in [7, 11) is -4.44. The number of para-hydroxylation sites is 2. The SMILES string of the molecule is c1ccc(N2c3cc4ccccc4c4c3[SiH]3c5c(cccc5O4)Oc4cc5c6c7c(cc5c2c43)Oc2cccc3c2[SiH]7c2c(cc4ccccc4c2O3)N6c2ccccc2)cc1. The summed E-state index contributed by atoms with van der Waals surface area (Å²) in [6.07, 6.45) is 0. The standard InChI is InChI=1S/C54H30N2O4Si2/c1-3-15-31(16-4-1)55-37-25-29-13-7-9-19-33(29)47-49(37)61-51-39(21-11-23-41(51)59-47)57-43-28-36-35(45(55)53(43)61)27-44-54-46(36)56(32-17-5-2-6-18-32)38-26-30-14-8-10-20-34(30)48-50(38)62(54)52-40(58-44)22-12-24-42(52)60-48/h1-28,61-62H. The average molecular weight is 827 g/mol. The number of nitrogens with zero attached hydrogens (tertiary/aromatic N) is 2. The molecule has 0 radical (unpaired) electrons. The lowest BCUT2D eigenvalue weighted by atomic mass is 9.99. The van der Waals surface area contributed by atoms with Gasteiger partial charge in [0.05, 0.1) is 22.7 Å². The minimum Gasteiger partial charge on any atom is -0.457 e. The molecule has 0 saturated carbocycles. The van der Waals surface area contributed by atoms with Crippen molar-refractivity contribution in [1.82, 2.24) is 0 Å². The van der Waals surface area contributed by atoms with Crippen LogP contribution in [-0.4, -0.2) is 17.6 Å². The lowest BCUT2D eigenvalue weighted by Crippen LogP contribution is -2.62. The number of rotatable bonds is 2. The zero-order valence-electron chi connectivity index (χ0n) is 32.8. The van der Waals surface area contributed by atoms with Crippen LogP contribution in [0.4, 0.5) is 34.1 Å². The van der Waals surface area contributed by atoms with E-state index in [1.807, 2.05) is 0 Å². The van der Waals surface area contributed by atoms with E-state index in [2.05, 4.69) is 180 Å². The molecule has 0 N–H and O–H groups in total. The van der Waals surface area contributed by atoms with Crippen LogP contribution in [0.3, 0.4) is 0 Å². The van der Waals surface area contributed by atoms with E-state index in [1.165, 1.54) is 31.1 Å². The Morgan fingerprint density at radius 3 is 1.16 bits per heavy atom. The summed E-state index contributed by atoms with van der Waals surface area (Å²) in [5.74, 6) is 7.36. The molecule has 0 bridgehead atoms. The lowest BCUT2D eigenvalue weighted by Gasteiger charge is -2.46. The highest BCUT2D eigenvalue weighted by atomic mass is 28.3. The molecule has 6 aliphatic rings. The quantitative estimate of drug-likeness (QED) is 0.162. The fourth-order valence-electron chi connectivity index (χ4n) is 11.7. The molecule has 0 saturated heterocycles. The van der Waals surface area contributed by atoms with Gasteiger partial charge < -0.3 is 28.7 Å². The Balaban J connectivity index is 1.11. The van der Waals surface area contributed by atoms with Gasteiger partial charge >= 0.3 is 0 Å². The maximum Gasteiger partial charge on any atom is 0.157 e. The topological polar surface area (TPSA) is 43.4 Å². The molecular weight excluding hydrogens is 797 g/mol. The normalized spacial score (nSPS) is 16.8. The van der Waals surface area contributed by atoms with Crippen LogP contribution in [0.1, 0.15) is 0 Å². The van der Waals surface area contributed by atoms with Crippen LogP contribution in [-0.2, 0) is 0 Å². The zero-order chi connectivity index (χ0) is 39.9. The molecule has 0 aromatic heterocycles. The highest BCUT2D eigenvalue weighted by Gasteiger charge is 2.51. The van der Waals surface area contributed by atoms with Crippen molar-refractivity contribution in [2.24, 2.45) is 0 Å². The highest BCUT2D eigenvalue weighted by Crippen LogP contribution is 2.55. The largest absolute Gasteiger partial charge is 0.457 e. The Kier molecular flexibility index (Phi) is 5.75. The fraction of sp³-hybridized carbons (Fsp3) is 0. The molecule has 8 heteroatoms. The Hall–Kier alpha value is -7.79. The van der Waals surface area contributed by atoms with Gasteiger partial charge in [-0.05, 0) is 83.6 Å². The van der Waals surface area contributed by atoms with Gasteiger partial charge in [-0.2, -0.15) is 0 Å². The predicted molar refractivity (Wildman–Crippen MR) is 254 cm³/mol. The van der Waals surface area contributed by atoms with Crippen LogP contribution in [0.5, 0.6) is 46.0 Å². The van der Waals surface area contributed by atoms with E-state index in [1.54, 1.807) is 0 Å². The van der Waals surface area contributed by atoms with E-state index in [0.717, 1.165) is 112 Å². The number of hydrogen-bond acceptors (Lipinski definition) is 6. The van der Waals surface area contributed by atoms with Gasteiger partial charge in [0.15, 0.2) is 17.6 Å². The lowest BCUT2D eigenvalue weighted by molar-refractivity contribution is 0.466. The van der Waals surface area contributed by atoms with Crippen LogP contribution in [0.25, 0.3) is 32.3 Å². The summed E-state index contributed by atoms with van der Waals surface area (Å²) in [5, 5.41) is 14.4. The van der Waals surface area contributed by atoms with Crippen LogP contribution in [0.2, 0.25) is 0 Å². The summed E-state index contributed by atoms with van der Waals surface area (Å²) in [4.78, 5) is 4.99. The van der Waals surface area contributed by atoms with Crippen LogP contribution in [0, 0.1) is 0 Å². The first-order valence-electron chi connectivity index (χ1n) is 21.2. The summed E-state index contributed by atoms with van der Waals surface area (Å²) >= 11 is 0. The second kappa shape index (κ2) is 11.1. The van der Waals surface area contributed by atoms with Gasteiger partial charge in [0.25, 0.3) is 0 Å². The van der Waals surface area contributed by atoms with Crippen molar-refractivity contribution in [2.75, 3.05) is 9.80 Å². The van der Waals surface area contributed by atoms with E-state index in [-0.39, 0.29) is 0 Å². The van der Waals surface area contributed by atoms with Gasteiger partial charge in [-0.1, -0.05) is 97.1 Å². The van der Waals surface area contributed by atoms with Gasteiger partial charge in [0.2, 0.25) is 0 Å². The van der Waals surface area contributed by atoms with Crippen molar-refractivity contribution in [2.45, 2.75) is 0 Å². The van der Waals surface area contributed by atoms with Crippen LogP contribution in [0.15, 0.2) is 170 Å². The van der Waals surface area contributed by atoms with Crippen molar-refractivity contribution in [3.8, 4) is 46.0 Å². The maximum absolute atomic E-state index is 7.24. The molecule has 62 heavy (non-hydrogen) atoms. The minimum atomic E-state index is -2.22. The van der Waals surface area contributed by atoms with Gasteiger partial charge in [-0.15, -0.1) is 0 Å². The van der Waals surface area contributed by atoms with E-state index in [0.29, 0.717) is 0 Å². The van der Waals surface area contributed by atoms with E-state index >= 15 is 0 Å². The fourth-order valence-corrected chi connectivity index (χ4v) is 19.1. The molecule has 16 rings (SSSR count). The Labute approximate surface area is 358 Å². The minimum absolute atomic E-state index is 0.892. The summed E-state index contributed by atoms with van der Waals surface area (Å²) in [5.41, 5.74) is 6.81. The molecule has 6 heterocycles. The maximum atomic E-state index is 7.24. The number of hydrogen-bond donors (Lipinski definition) is 0. The monoisotopic (exact) mass is 826 g/mol. The Morgan fingerprint density at radius 2 is 0.710 bits per heavy atom. The Morgan fingerprint density at radius 1 is 0.306 bits per heavy atom. The molecule has 6 nitrogen and oxygen atoms in total. The number of benzene rings is 10. The van der Waals surface area contributed by atoms with Gasteiger partial charge in [-0.25, -0.2) is 0 Å². The first-order chi connectivity index (χ1) is 30.8. The van der Waals surface area contributed by atoms with Crippen LogP contribution < -0.4 is 59.9 Å². The third-order valence-electron chi connectivity index (χ3n) is 14.0. The number of anilines is 6. The highest BCUT2D eigenvalue weighted by molar-refractivity contribution is 7.02. The van der Waals surface area contributed by atoms with Crippen molar-refractivity contribution < 1.29 is 18.9 Å². The molecule has 2 unspecified atom stereocenters. The van der Waals surface area contributed by atoms with Gasteiger partial charge in [-0.3, -0.25) is 0 Å². The van der Waals surface area contributed by atoms with E-state index in [9.17, 15) is 0 Å². The predicted octanol–water partition coefficient (Wildman–Crippen LogP) is 9.63. The molecule has 10 aromatic carbocycles. The first-order valence-corrected chi connectivity index (χ1v) is 24.7. The molecule has 288 valence electrons. The summed E-state index contributed by atoms with van der Waals surface area (Å²) in [6.45, 7) is 0. The third kappa shape index (κ3) is 3.79. The summed E-state index contributed by atoms with van der Waals surface area (Å²) < 4.78 is 28.5. The Bertz CT molecular complexity index is 3500. The second-order valence-corrected chi connectivity index (χ2v) is 22.2. The number of ether oxygens (including phenoxy) is 4. The average Bonchev–Trinajstić information content (AvgIpc) is 3.32. The molecular formula is C54H30N2O4Si2. The molecule has 0 aliphatic carbocycles. The second-order valence-electron chi connectivity index (χ2n) is 17.0. The zero-order valence-corrected chi connectivity index (χ0v) is 35.2. The summed E-state index contributed by atoms with van der Waals surface area (Å²) in [6, 6.07) is 61.2. The molecule has 2 atom stereocenters. The molecule has 6 aliphatic heterocycles. The molecule has 0 fully saturated rings. The van der Waals surface area contributed by atoms with E-state index < -0.39 is 17.6 Å².